The van der Waals surface area contributed by atoms with Gasteiger partial charge in [-0.3, -0.25) is 4.98 Å². The Labute approximate surface area is 98.5 Å². The van der Waals surface area contributed by atoms with Crippen molar-refractivity contribution in [2.45, 2.75) is 19.4 Å². The van der Waals surface area contributed by atoms with Gasteiger partial charge in [0.05, 0.1) is 0 Å². The number of hydrogen-bond acceptors (Lipinski definition) is 6. The van der Waals surface area contributed by atoms with Crippen molar-refractivity contribution < 1.29 is 9.63 Å². The molecule has 90 valence electrons. The van der Waals surface area contributed by atoms with Gasteiger partial charge < -0.3 is 15.4 Å². The predicted octanol–water partition coefficient (Wildman–Crippen LogP) is 0.822. The number of aliphatic hydroxyl groups is 1. The highest BCUT2D eigenvalue weighted by molar-refractivity contribution is 5.53. The normalized spacial score (nSPS) is 12.6. The Hall–Kier alpha value is -1.79. The fourth-order valence-corrected chi connectivity index (χ4v) is 1.47. The van der Waals surface area contributed by atoms with Gasteiger partial charge in [0.15, 0.2) is 0 Å². The number of pyridine rings is 1. The maximum Gasteiger partial charge on any atom is 0.255 e. The lowest BCUT2D eigenvalue weighted by molar-refractivity contribution is 0.127. The molecule has 0 saturated carbocycles. The number of aromatic nitrogens is 3. The zero-order valence-electron chi connectivity index (χ0n) is 9.50. The van der Waals surface area contributed by atoms with Crippen LogP contribution in [0.4, 0.5) is 0 Å². The number of aryl methyl sites for hydroxylation is 1. The third-order valence-corrected chi connectivity index (χ3v) is 2.39. The predicted molar refractivity (Wildman–Crippen MR) is 60.9 cm³/mol. The van der Waals surface area contributed by atoms with Crippen molar-refractivity contribution >= 4 is 0 Å². The van der Waals surface area contributed by atoms with Crippen molar-refractivity contribution in [3.63, 3.8) is 0 Å². The smallest absolute Gasteiger partial charge is 0.255 e. The molecule has 0 radical (unpaired) electrons. The van der Waals surface area contributed by atoms with Crippen molar-refractivity contribution in [1.82, 2.24) is 15.1 Å². The third kappa shape index (κ3) is 2.48. The van der Waals surface area contributed by atoms with Crippen LogP contribution in [0.15, 0.2) is 22.9 Å². The lowest BCUT2D eigenvalue weighted by atomic mass is 10.2. The Bertz CT molecular complexity index is 498. The summed E-state index contributed by atoms with van der Waals surface area (Å²) in [5.41, 5.74) is 6.95. The molecule has 0 spiro atoms. The minimum atomic E-state index is -0.815. The second kappa shape index (κ2) is 5.03. The van der Waals surface area contributed by atoms with Gasteiger partial charge in [0.2, 0.25) is 5.82 Å². The van der Waals surface area contributed by atoms with Crippen LogP contribution in [0, 0.1) is 6.92 Å². The highest BCUT2D eigenvalue weighted by Gasteiger charge is 2.17. The Morgan fingerprint density at radius 2 is 2.35 bits per heavy atom. The molecule has 0 bridgehead atoms. The van der Waals surface area contributed by atoms with Gasteiger partial charge in [-0.1, -0.05) is 11.2 Å². The van der Waals surface area contributed by atoms with Crippen molar-refractivity contribution in [2.24, 2.45) is 5.73 Å². The molecule has 0 aliphatic heterocycles. The van der Waals surface area contributed by atoms with Crippen LogP contribution in [0.1, 0.15) is 24.0 Å². The van der Waals surface area contributed by atoms with E-state index in [0.717, 1.165) is 5.56 Å². The molecule has 2 heterocycles. The van der Waals surface area contributed by atoms with Gasteiger partial charge in [-0.2, -0.15) is 4.98 Å². The maximum absolute atomic E-state index is 9.65. The van der Waals surface area contributed by atoms with Crippen LogP contribution in [0.2, 0.25) is 0 Å². The molecule has 0 amide bonds. The first-order valence-corrected chi connectivity index (χ1v) is 5.36. The van der Waals surface area contributed by atoms with E-state index in [-0.39, 0.29) is 5.89 Å². The average Bonchev–Trinajstić information content (AvgIpc) is 2.79. The summed E-state index contributed by atoms with van der Waals surface area (Å²) < 4.78 is 4.98. The van der Waals surface area contributed by atoms with Crippen LogP contribution in [0.3, 0.4) is 0 Å². The zero-order chi connectivity index (χ0) is 12.3. The molecule has 2 aromatic rings. The van der Waals surface area contributed by atoms with Crippen LogP contribution in [0.25, 0.3) is 11.5 Å². The van der Waals surface area contributed by atoms with Crippen LogP contribution in [0.5, 0.6) is 0 Å². The Balaban J connectivity index is 2.27. The molecule has 0 aromatic carbocycles. The molecule has 6 nitrogen and oxygen atoms in total. The van der Waals surface area contributed by atoms with Gasteiger partial charge in [0, 0.05) is 6.20 Å². The summed E-state index contributed by atoms with van der Waals surface area (Å²) in [7, 11) is 0. The van der Waals surface area contributed by atoms with Crippen molar-refractivity contribution in [2.75, 3.05) is 6.54 Å². The molecule has 2 aromatic heterocycles. The number of aliphatic hydroxyl groups excluding tert-OH is 1. The van der Waals surface area contributed by atoms with Gasteiger partial charge >= 0.3 is 0 Å². The van der Waals surface area contributed by atoms with Crippen LogP contribution in [-0.2, 0) is 0 Å². The first-order valence-electron chi connectivity index (χ1n) is 5.36. The fraction of sp³-hybridized carbons (Fsp3) is 0.364. The monoisotopic (exact) mass is 234 g/mol. The van der Waals surface area contributed by atoms with Crippen molar-refractivity contribution in [3.8, 4) is 11.5 Å². The lowest BCUT2D eigenvalue weighted by Crippen LogP contribution is -2.06. The van der Waals surface area contributed by atoms with Gasteiger partial charge in [0.1, 0.15) is 11.8 Å². The first kappa shape index (κ1) is 11.7. The van der Waals surface area contributed by atoms with E-state index in [1.165, 1.54) is 0 Å². The Kier molecular flexibility index (Phi) is 3.46. The summed E-state index contributed by atoms with van der Waals surface area (Å²) in [6.45, 7) is 2.27. The van der Waals surface area contributed by atoms with Crippen LogP contribution in [-0.4, -0.2) is 26.8 Å². The average molecular weight is 234 g/mol. The number of nitrogens with two attached hydrogens (primary N) is 1. The van der Waals surface area contributed by atoms with Gasteiger partial charge in [-0.15, -0.1) is 0 Å². The molecular formula is C11H14N4O2. The molecule has 0 aliphatic carbocycles. The minimum absolute atomic E-state index is 0.176. The van der Waals surface area contributed by atoms with E-state index < -0.39 is 6.10 Å². The highest BCUT2D eigenvalue weighted by Crippen LogP contribution is 2.20. The van der Waals surface area contributed by atoms with Crippen molar-refractivity contribution in [3.05, 3.63) is 29.8 Å². The van der Waals surface area contributed by atoms with E-state index >= 15 is 0 Å². The third-order valence-electron chi connectivity index (χ3n) is 2.39. The molecule has 6 heteroatoms. The Morgan fingerprint density at radius 1 is 1.53 bits per heavy atom. The maximum atomic E-state index is 9.65. The molecule has 17 heavy (non-hydrogen) atoms. The second-order valence-corrected chi connectivity index (χ2v) is 3.72. The van der Waals surface area contributed by atoms with E-state index in [1.54, 1.807) is 6.20 Å². The standard InChI is InChI=1S/C11H14N4O2/c1-7-3-2-6-13-9(7)10-14-11(17-15-10)8(16)4-5-12/h2-3,6,8,16H,4-5,12H2,1H3. The quantitative estimate of drug-likeness (QED) is 0.812. The lowest BCUT2D eigenvalue weighted by Gasteiger charge is -2.01. The van der Waals surface area contributed by atoms with Crippen LogP contribution < -0.4 is 5.73 Å². The minimum Gasteiger partial charge on any atom is -0.383 e. The summed E-state index contributed by atoms with van der Waals surface area (Å²) in [4.78, 5) is 8.29. The number of hydrogen-bond donors (Lipinski definition) is 2. The molecule has 0 saturated heterocycles. The molecular weight excluding hydrogens is 220 g/mol. The SMILES string of the molecule is Cc1cccnc1-c1noc(C(O)CCN)n1. The summed E-state index contributed by atoms with van der Waals surface area (Å²) in [5.74, 6) is 0.560. The van der Waals surface area contributed by atoms with E-state index in [4.69, 9.17) is 10.3 Å². The van der Waals surface area contributed by atoms with Gasteiger partial charge in [-0.05, 0) is 31.5 Å². The molecule has 1 atom stereocenters. The van der Waals surface area contributed by atoms with E-state index in [1.807, 2.05) is 19.1 Å². The van der Waals surface area contributed by atoms with Crippen LogP contribution >= 0.6 is 0 Å². The summed E-state index contributed by atoms with van der Waals surface area (Å²) in [6.07, 6.45) is 1.24. The largest absolute Gasteiger partial charge is 0.383 e. The summed E-state index contributed by atoms with van der Waals surface area (Å²) in [6, 6.07) is 3.75. The van der Waals surface area contributed by atoms with Crippen molar-refractivity contribution in [1.29, 1.82) is 0 Å². The summed E-state index contributed by atoms with van der Waals surface area (Å²) >= 11 is 0. The van der Waals surface area contributed by atoms with Gasteiger partial charge in [0.25, 0.3) is 5.89 Å². The molecule has 1 unspecified atom stereocenters. The van der Waals surface area contributed by atoms with E-state index in [0.29, 0.717) is 24.5 Å². The topological polar surface area (TPSA) is 98.1 Å². The number of rotatable bonds is 4. The fourth-order valence-electron chi connectivity index (χ4n) is 1.47. The van der Waals surface area contributed by atoms with Gasteiger partial charge in [-0.25, -0.2) is 0 Å². The molecule has 0 aliphatic rings. The molecule has 0 fully saturated rings. The zero-order valence-corrected chi connectivity index (χ0v) is 9.50. The highest BCUT2D eigenvalue weighted by atomic mass is 16.5. The number of nitrogens with zero attached hydrogens (tertiary/aromatic N) is 3. The molecule has 3 N–H and O–H groups in total. The van der Waals surface area contributed by atoms with E-state index in [9.17, 15) is 5.11 Å². The summed E-state index contributed by atoms with van der Waals surface area (Å²) in [5, 5.41) is 13.5. The first-order chi connectivity index (χ1) is 8.22. The molecule has 2 rings (SSSR count). The second-order valence-electron chi connectivity index (χ2n) is 3.72. The Morgan fingerprint density at radius 3 is 3.06 bits per heavy atom. The van der Waals surface area contributed by atoms with E-state index in [2.05, 4.69) is 15.1 Å².